The molecule has 1 aromatic rings. The van der Waals surface area contributed by atoms with Crippen molar-refractivity contribution in [2.24, 2.45) is 5.73 Å². The Morgan fingerprint density at radius 1 is 1.41 bits per heavy atom. The molecule has 0 bridgehead atoms. The normalized spacial score (nSPS) is 17.9. The SMILES string of the molecule is CC(N)c1cccc(N2CCNC(=O)C2=O)c1. The molecule has 1 atom stereocenters. The Morgan fingerprint density at radius 3 is 2.88 bits per heavy atom. The first-order valence-corrected chi connectivity index (χ1v) is 5.55. The highest BCUT2D eigenvalue weighted by atomic mass is 16.2. The summed E-state index contributed by atoms with van der Waals surface area (Å²) in [5.41, 5.74) is 7.46. The third-order valence-corrected chi connectivity index (χ3v) is 2.77. The summed E-state index contributed by atoms with van der Waals surface area (Å²) >= 11 is 0. The predicted octanol–water partition coefficient (Wildman–Crippen LogP) is 0.169. The number of piperazine rings is 1. The van der Waals surface area contributed by atoms with Crippen molar-refractivity contribution < 1.29 is 9.59 Å². The van der Waals surface area contributed by atoms with Gasteiger partial charge in [0.15, 0.2) is 0 Å². The monoisotopic (exact) mass is 233 g/mol. The van der Waals surface area contributed by atoms with Crippen molar-refractivity contribution in [1.82, 2.24) is 5.32 Å². The number of nitrogens with two attached hydrogens (primary N) is 1. The van der Waals surface area contributed by atoms with E-state index in [-0.39, 0.29) is 6.04 Å². The van der Waals surface area contributed by atoms with Crippen LogP contribution in [0.5, 0.6) is 0 Å². The number of anilines is 1. The molecule has 5 nitrogen and oxygen atoms in total. The van der Waals surface area contributed by atoms with Gasteiger partial charge in [-0.2, -0.15) is 0 Å². The van der Waals surface area contributed by atoms with E-state index >= 15 is 0 Å². The van der Waals surface area contributed by atoms with Gasteiger partial charge in [-0.05, 0) is 24.6 Å². The summed E-state index contributed by atoms with van der Waals surface area (Å²) in [6, 6.07) is 7.31. The maximum absolute atomic E-state index is 11.7. The number of rotatable bonds is 2. The second kappa shape index (κ2) is 4.55. The molecule has 90 valence electrons. The van der Waals surface area contributed by atoms with Gasteiger partial charge in [0.1, 0.15) is 0 Å². The minimum atomic E-state index is -0.553. The van der Waals surface area contributed by atoms with Crippen LogP contribution in [0.3, 0.4) is 0 Å². The molecule has 1 heterocycles. The summed E-state index contributed by atoms with van der Waals surface area (Å²) in [5, 5.41) is 2.51. The molecule has 1 unspecified atom stereocenters. The summed E-state index contributed by atoms with van der Waals surface area (Å²) in [4.78, 5) is 24.4. The highest BCUT2D eigenvalue weighted by Gasteiger charge is 2.27. The first-order valence-electron chi connectivity index (χ1n) is 5.55. The molecule has 1 aromatic carbocycles. The van der Waals surface area contributed by atoms with Crippen molar-refractivity contribution in [3.05, 3.63) is 29.8 Å². The fourth-order valence-electron chi connectivity index (χ4n) is 1.80. The number of benzene rings is 1. The molecular formula is C12H15N3O2. The van der Waals surface area contributed by atoms with E-state index < -0.39 is 11.8 Å². The third kappa shape index (κ3) is 2.29. The van der Waals surface area contributed by atoms with Gasteiger partial charge in [-0.15, -0.1) is 0 Å². The lowest BCUT2D eigenvalue weighted by molar-refractivity contribution is -0.138. The van der Waals surface area contributed by atoms with E-state index in [1.165, 1.54) is 4.90 Å². The lowest BCUT2D eigenvalue weighted by Crippen LogP contribution is -2.52. The summed E-state index contributed by atoms with van der Waals surface area (Å²) in [6.45, 7) is 2.85. The fourth-order valence-corrected chi connectivity index (χ4v) is 1.80. The number of hydrogen-bond acceptors (Lipinski definition) is 3. The Hall–Kier alpha value is -1.88. The number of nitrogens with zero attached hydrogens (tertiary/aromatic N) is 1. The number of carbonyl (C=O) groups is 2. The minimum absolute atomic E-state index is 0.0938. The van der Waals surface area contributed by atoms with Crippen LogP contribution in [-0.4, -0.2) is 24.9 Å². The molecule has 0 radical (unpaired) electrons. The van der Waals surface area contributed by atoms with Gasteiger partial charge in [0.25, 0.3) is 0 Å². The first kappa shape index (κ1) is 11.6. The Morgan fingerprint density at radius 2 is 2.18 bits per heavy atom. The van der Waals surface area contributed by atoms with Gasteiger partial charge in [0.05, 0.1) is 0 Å². The second-order valence-electron chi connectivity index (χ2n) is 4.10. The molecule has 1 aliphatic heterocycles. The van der Waals surface area contributed by atoms with Crippen LogP contribution in [0.2, 0.25) is 0 Å². The van der Waals surface area contributed by atoms with Crippen LogP contribution >= 0.6 is 0 Å². The highest BCUT2D eigenvalue weighted by Crippen LogP contribution is 2.20. The molecular weight excluding hydrogens is 218 g/mol. The average molecular weight is 233 g/mol. The van der Waals surface area contributed by atoms with E-state index in [0.29, 0.717) is 13.1 Å². The van der Waals surface area contributed by atoms with Crippen LogP contribution in [0.25, 0.3) is 0 Å². The molecule has 0 aliphatic carbocycles. The third-order valence-electron chi connectivity index (χ3n) is 2.77. The van der Waals surface area contributed by atoms with Crippen molar-refractivity contribution in [2.45, 2.75) is 13.0 Å². The van der Waals surface area contributed by atoms with Crippen LogP contribution < -0.4 is 16.0 Å². The quantitative estimate of drug-likeness (QED) is 0.715. The van der Waals surface area contributed by atoms with E-state index in [2.05, 4.69) is 5.32 Å². The van der Waals surface area contributed by atoms with E-state index in [4.69, 9.17) is 5.73 Å². The first-order chi connectivity index (χ1) is 8.09. The summed E-state index contributed by atoms with van der Waals surface area (Å²) in [6.07, 6.45) is 0. The van der Waals surface area contributed by atoms with Crippen LogP contribution in [0.15, 0.2) is 24.3 Å². The van der Waals surface area contributed by atoms with Crippen LogP contribution in [0, 0.1) is 0 Å². The molecule has 1 saturated heterocycles. The van der Waals surface area contributed by atoms with Crippen molar-refractivity contribution in [1.29, 1.82) is 0 Å². The molecule has 5 heteroatoms. The van der Waals surface area contributed by atoms with E-state index in [9.17, 15) is 9.59 Å². The number of nitrogens with one attached hydrogen (secondary N) is 1. The topological polar surface area (TPSA) is 75.4 Å². The maximum Gasteiger partial charge on any atom is 0.316 e. The van der Waals surface area contributed by atoms with Gasteiger partial charge in [-0.3, -0.25) is 9.59 Å². The maximum atomic E-state index is 11.7. The van der Waals surface area contributed by atoms with E-state index in [1.807, 2.05) is 31.2 Å². The number of amides is 2. The van der Waals surface area contributed by atoms with Crippen LogP contribution in [0.1, 0.15) is 18.5 Å². The zero-order chi connectivity index (χ0) is 12.4. The standard InChI is InChI=1S/C12H15N3O2/c1-8(13)9-3-2-4-10(7-9)15-6-5-14-11(16)12(15)17/h2-4,7-8H,5-6,13H2,1H3,(H,14,16). The Kier molecular flexibility index (Phi) is 3.10. The Bertz CT molecular complexity index is 457. The summed E-state index contributed by atoms with van der Waals surface area (Å²) in [7, 11) is 0. The molecule has 0 spiro atoms. The predicted molar refractivity (Wildman–Crippen MR) is 64.4 cm³/mol. The largest absolute Gasteiger partial charge is 0.346 e. The fraction of sp³-hybridized carbons (Fsp3) is 0.333. The van der Waals surface area contributed by atoms with Crippen molar-refractivity contribution in [3.8, 4) is 0 Å². The van der Waals surface area contributed by atoms with Crippen molar-refractivity contribution >= 4 is 17.5 Å². The highest BCUT2D eigenvalue weighted by molar-refractivity contribution is 6.41. The molecule has 2 amide bonds. The molecule has 1 fully saturated rings. The lowest BCUT2D eigenvalue weighted by Gasteiger charge is -2.27. The van der Waals surface area contributed by atoms with Gasteiger partial charge in [0.2, 0.25) is 0 Å². The zero-order valence-electron chi connectivity index (χ0n) is 9.64. The van der Waals surface area contributed by atoms with Gasteiger partial charge >= 0.3 is 11.8 Å². The molecule has 1 aliphatic rings. The van der Waals surface area contributed by atoms with E-state index in [0.717, 1.165) is 11.3 Å². The van der Waals surface area contributed by atoms with E-state index in [1.54, 1.807) is 0 Å². The number of carbonyl (C=O) groups excluding carboxylic acids is 2. The second-order valence-corrected chi connectivity index (χ2v) is 4.10. The molecule has 3 N–H and O–H groups in total. The summed E-state index contributed by atoms with van der Waals surface area (Å²) in [5.74, 6) is -1.07. The lowest BCUT2D eigenvalue weighted by atomic mass is 10.1. The Labute approximate surface area is 99.6 Å². The van der Waals surface area contributed by atoms with Crippen LogP contribution in [-0.2, 0) is 9.59 Å². The van der Waals surface area contributed by atoms with Gasteiger partial charge in [0, 0.05) is 24.8 Å². The average Bonchev–Trinajstić information content (AvgIpc) is 2.33. The van der Waals surface area contributed by atoms with Gasteiger partial charge in [-0.1, -0.05) is 12.1 Å². The number of hydrogen-bond donors (Lipinski definition) is 2. The summed E-state index contributed by atoms with van der Waals surface area (Å²) < 4.78 is 0. The molecule has 0 saturated carbocycles. The van der Waals surface area contributed by atoms with Crippen molar-refractivity contribution in [2.75, 3.05) is 18.0 Å². The molecule has 2 rings (SSSR count). The Balaban J connectivity index is 2.30. The van der Waals surface area contributed by atoms with Crippen molar-refractivity contribution in [3.63, 3.8) is 0 Å². The molecule has 0 aromatic heterocycles. The minimum Gasteiger partial charge on any atom is -0.346 e. The van der Waals surface area contributed by atoms with Gasteiger partial charge in [-0.25, -0.2) is 0 Å². The molecule has 17 heavy (non-hydrogen) atoms. The zero-order valence-corrected chi connectivity index (χ0v) is 9.64. The smallest absolute Gasteiger partial charge is 0.316 e. The van der Waals surface area contributed by atoms with Crippen LogP contribution in [0.4, 0.5) is 5.69 Å². The van der Waals surface area contributed by atoms with Gasteiger partial charge < -0.3 is 16.0 Å².